The van der Waals surface area contributed by atoms with Crippen LogP contribution in [0.15, 0.2) is 24.3 Å². The van der Waals surface area contributed by atoms with Gasteiger partial charge in [-0.25, -0.2) is 0 Å². The van der Waals surface area contributed by atoms with Crippen molar-refractivity contribution in [3.8, 4) is 0 Å². The summed E-state index contributed by atoms with van der Waals surface area (Å²) in [5.74, 6) is 1.66. The Balaban J connectivity index is 1.84. The molecule has 110 valence electrons. The number of allylic oxidation sites excluding steroid dienone is 1. The molecule has 0 N–H and O–H groups in total. The Morgan fingerprint density at radius 3 is 2.70 bits per heavy atom. The van der Waals surface area contributed by atoms with Crippen LogP contribution in [0.2, 0.25) is 0 Å². The monoisotopic (exact) mass is 276 g/mol. The lowest BCUT2D eigenvalue weighted by Crippen LogP contribution is -2.30. The summed E-state index contributed by atoms with van der Waals surface area (Å²) in [6.07, 6.45) is 7.45. The predicted octanol–water partition coefficient (Wildman–Crippen LogP) is 2.43. The molecule has 0 aliphatic heterocycles. The van der Waals surface area contributed by atoms with E-state index in [2.05, 4.69) is 18.7 Å². The van der Waals surface area contributed by atoms with Crippen molar-refractivity contribution in [3.05, 3.63) is 24.3 Å². The summed E-state index contributed by atoms with van der Waals surface area (Å²) in [4.78, 5) is 0. The van der Waals surface area contributed by atoms with Crippen molar-refractivity contribution in [2.75, 3.05) is 27.9 Å². The van der Waals surface area contributed by atoms with Crippen molar-refractivity contribution in [1.82, 2.24) is 0 Å². The van der Waals surface area contributed by atoms with Gasteiger partial charge in [-0.15, -0.1) is 0 Å². The Morgan fingerprint density at radius 1 is 1.25 bits per heavy atom. The maximum atomic E-state index is 5.92. The topological polar surface area (TPSA) is 27.7 Å². The Bertz CT molecular complexity index is 485. The Hall–Kier alpha value is -0.640. The van der Waals surface area contributed by atoms with Gasteiger partial charge >= 0.3 is 0 Å². The van der Waals surface area contributed by atoms with Crippen LogP contribution in [0.5, 0.6) is 0 Å². The van der Waals surface area contributed by atoms with E-state index in [-0.39, 0.29) is 23.0 Å². The third kappa shape index (κ3) is 1.16. The SMILES string of the molecule is C=C1[C@@H]2[C@H]3C[C@@H](C=C[C@H]2OC)[C@]2(COC)C[C@]32[C@@H]1OC. The number of hydrogen-bond donors (Lipinski definition) is 0. The Kier molecular flexibility index (Phi) is 2.59. The van der Waals surface area contributed by atoms with Gasteiger partial charge in [0, 0.05) is 38.1 Å². The second-order valence-corrected chi connectivity index (χ2v) is 7.06. The smallest absolute Gasteiger partial charge is 0.0848 e. The number of hydrogen-bond acceptors (Lipinski definition) is 3. The van der Waals surface area contributed by atoms with Crippen LogP contribution in [-0.2, 0) is 14.2 Å². The van der Waals surface area contributed by atoms with Crippen LogP contribution >= 0.6 is 0 Å². The van der Waals surface area contributed by atoms with Crippen molar-refractivity contribution in [1.29, 1.82) is 0 Å². The summed E-state index contributed by atoms with van der Waals surface area (Å²) in [5.41, 5.74) is 1.78. The standard InChI is InChI=1S/C17H24O3/c1-10-14-12-7-11(5-6-13(14)19-3)16(9-18-2)8-17(12,16)15(10)20-4/h5-6,11-15H,1,7-9H2,2-4H3/t11-,12-,13-,14-,15-,16-,17-/m1/s1. The molecule has 0 radical (unpaired) electrons. The van der Waals surface area contributed by atoms with Gasteiger partial charge in [0.1, 0.15) is 0 Å². The van der Waals surface area contributed by atoms with Crippen molar-refractivity contribution in [3.63, 3.8) is 0 Å². The van der Waals surface area contributed by atoms with E-state index in [0.29, 0.717) is 17.8 Å². The van der Waals surface area contributed by atoms with Crippen molar-refractivity contribution in [2.45, 2.75) is 25.0 Å². The van der Waals surface area contributed by atoms with Crippen molar-refractivity contribution < 1.29 is 14.2 Å². The molecule has 0 aromatic carbocycles. The summed E-state index contributed by atoms with van der Waals surface area (Å²) < 4.78 is 17.3. The predicted molar refractivity (Wildman–Crippen MR) is 76.3 cm³/mol. The van der Waals surface area contributed by atoms with Crippen LogP contribution in [0.4, 0.5) is 0 Å². The molecule has 4 aliphatic rings. The first-order valence-electron chi connectivity index (χ1n) is 7.58. The van der Waals surface area contributed by atoms with Gasteiger partial charge in [-0.05, 0) is 30.3 Å². The summed E-state index contributed by atoms with van der Waals surface area (Å²) >= 11 is 0. The highest BCUT2D eigenvalue weighted by Gasteiger charge is 2.84. The number of ether oxygens (including phenoxy) is 3. The van der Waals surface area contributed by atoms with Gasteiger partial charge in [-0.3, -0.25) is 0 Å². The lowest BCUT2D eigenvalue weighted by atomic mass is 9.83. The average Bonchev–Trinajstić information content (AvgIpc) is 2.98. The molecule has 0 amide bonds. The van der Waals surface area contributed by atoms with Gasteiger partial charge in [0.25, 0.3) is 0 Å². The van der Waals surface area contributed by atoms with E-state index >= 15 is 0 Å². The minimum absolute atomic E-state index is 0.163. The maximum absolute atomic E-state index is 5.92. The molecular weight excluding hydrogens is 252 g/mol. The fraction of sp³-hybridized carbons (Fsp3) is 0.765. The summed E-state index contributed by atoms with van der Waals surface area (Å²) in [6.45, 7) is 5.23. The lowest BCUT2D eigenvalue weighted by Gasteiger charge is -2.26. The molecule has 7 atom stereocenters. The van der Waals surface area contributed by atoms with E-state index in [1.165, 1.54) is 18.4 Å². The van der Waals surface area contributed by atoms with Crippen LogP contribution in [0.1, 0.15) is 12.8 Å². The average molecular weight is 276 g/mol. The molecule has 1 spiro atoms. The maximum Gasteiger partial charge on any atom is 0.0848 e. The molecule has 3 nitrogen and oxygen atoms in total. The second-order valence-electron chi connectivity index (χ2n) is 7.06. The van der Waals surface area contributed by atoms with Gasteiger partial charge in [0.2, 0.25) is 0 Å². The zero-order valence-corrected chi connectivity index (χ0v) is 12.6. The molecule has 4 aliphatic carbocycles. The largest absolute Gasteiger partial charge is 0.384 e. The third-order valence-corrected chi connectivity index (χ3v) is 6.75. The first kappa shape index (κ1) is 13.1. The minimum Gasteiger partial charge on any atom is -0.384 e. The van der Waals surface area contributed by atoms with Gasteiger partial charge in [-0.2, -0.15) is 0 Å². The van der Waals surface area contributed by atoms with Crippen LogP contribution in [0, 0.1) is 28.6 Å². The highest BCUT2D eigenvalue weighted by molar-refractivity contribution is 5.43. The van der Waals surface area contributed by atoms with E-state index in [4.69, 9.17) is 14.2 Å². The molecule has 20 heavy (non-hydrogen) atoms. The minimum atomic E-state index is 0.163. The first-order valence-corrected chi connectivity index (χ1v) is 7.58. The van der Waals surface area contributed by atoms with Gasteiger partial charge < -0.3 is 14.2 Å². The van der Waals surface area contributed by atoms with Crippen molar-refractivity contribution >= 4 is 0 Å². The fourth-order valence-corrected chi connectivity index (χ4v) is 6.15. The zero-order chi connectivity index (χ0) is 14.1. The van der Waals surface area contributed by atoms with E-state index in [0.717, 1.165) is 6.61 Å². The number of methoxy groups -OCH3 is 3. The van der Waals surface area contributed by atoms with Gasteiger partial charge in [0.15, 0.2) is 0 Å². The Morgan fingerprint density at radius 2 is 2.05 bits per heavy atom. The number of fused-ring (bicyclic) bond motifs is 2. The molecule has 3 saturated carbocycles. The van der Waals surface area contributed by atoms with E-state index in [1.807, 2.05) is 21.3 Å². The van der Waals surface area contributed by atoms with E-state index < -0.39 is 0 Å². The molecule has 0 heterocycles. The van der Waals surface area contributed by atoms with Crippen molar-refractivity contribution in [2.24, 2.45) is 28.6 Å². The zero-order valence-electron chi connectivity index (χ0n) is 12.6. The normalized spacial score (nSPS) is 55.0. The van der Waals surface area contributed by atoms with Crippen LogP contribution in [-0.4, -0.2) is 40.1 Å². The number of rotatable bonds is 4. The molecule has 3 fully saturated rings. The molecular formula is C17H24O3. The molecule has 3 heteroatoms. The molecule has 0 saturated heterocycles. The van der Waals surface area contributed by atoms with Crippen LogP contribution in [0.3, 0.4) is 0 Å². The highest BCUT2D eigenvalue weighted by Crippen LogP contribution is 2.85. The molecule has 0 unspecified atom stereocenters. The summed E-state index contributed by atoms with van der Waals surface area (Å²) in [7, 11) is 5.46. The molecule has 0 aromatic heterocycles. The molecule has 4 rings (SSSR count). The Labute approximate surface area is 121 Å². The van der Waals surface area contributed by atoms with E-state index in [1.54, 1.807) is 0 Å². The lowest BCUT2D eigenvalue weighted by molar-refractivity contribution is 0.0312. The van der Waals surface area contributed by atoms with E-state index in [9.17, 15) is 0 Å². The highest BCUT2D eigenvalue weighted by atomic mass is 16.5. The summed E-state index contributed by atoms with van der Waals surface area (Å²) in [6, 6.07) is 0. The molecule has 2 bridgehead atoms. The third-order valence-electron chi connectivity index (χ3n) is 6.75. The van der Waals surface area contributed by atoms with Crippen LogP contribution in [0.25, 0.3) is 0 Å². The first-order chi connectivity index (χ1) is 9.66. The quantitative estimate of drug-likeness (QED) is 0.738. The second kappa shape index (κ2) is 3.96. The van der Waals surface area contributed by atoms with Gasteiger partial charge in [-0.1, -0.05) is 18.7 Å². The fourth-order valence-electron chi connectivity index (χ4n) is 6.15. The van der Waals surface area contributed by atoms with Gasteiger partial charge in [0.05, 0.1) is 18.8 Å². The summed E-state index contributed by atoms with van der Waals surface area (Å²) in [5, 5.41) is 0. The van der Waals surface area contributed by atoms with Crippen LogP contribution < -0.4 is 0 Å². The molecule has 0 aromatic rings.